The maximum Gasteiger partial charge on any atom is 0.0283 e. The Morgan fingerprint density at radius 1 is 1.44 bits per heavy atom. The molecule has 2 aliphatic rings. The molecule has 0 aliphatic heterocycles. The van der Waals surface area contributed by atoms with E-state index in [1.54, 1.807) is 0 Å². The van der Waals surface area contributed by atoms with Gasteiger partial charge in [0, 0.05) is 18.1 Å². The van der Waals surface area contributed by atoms with Crippen LogP contribution in [-0.2, 0) is 0 Å². The first-order chi connectivity index (χ1) is 7.63. The lowest BCUT2D eigenvalue weighted by atomic mass is 9.77. The molecule has 2 aliphatic carbocycles. The highest BCUT2D eigenvalue weighted by molar-refractivity contribution is 4.98. The molecular weight excluding hydrogens is 196 g/mol. The van der Waals surface area contributed by atoms with Crippen LogP contribution in [0.1, 0.15) is 58.8 Å². The van der Waals surface area contributed by atoms with Crippen LogP contribution in [0.25, 0.3) is 0 Å². The Bertz CT molecular complexity index is 229. The minimum absolute atomic E-state index is 0.0943. The zero-order chi connectivity index (χ0) is 11.6. The van der Waals surface area contributed by atoms with E-state index in [0.717, 1.165) is 24.4 Å². The molecule has 16 heavy (non-hydrogen) atoms. The standard InChI is InChI=1S/C14H28N2/c1-3-5-12-8-13(12)16-10-14(15)7-4-6-11(2)9-14/h11-13,16H,3-10,15H2,1-2H3. The molecule has 2 heteroatoms. The van der Waals surface area contributed by atoms with Gasteiger partial charge in [0.25, 0.3) is 0 Å². The Morgan fingerprint density at radius 2 is 2.25 bits per heavy atom. The zero-order valence-corrected chi connectivity index (χ0v) is 11.0. The molecular formula is C14H28N2. The lowest BCUT2D eigenvalue weighted by Crippen LogP contribution is -2.52. The van der Waals surface area contributed by atoms with Crippen LogP contribution < -0.4 is 11.1 Å². The SMILES string of the molecule is CCCC1CC1NCC1(N)CCCC(C)C1. The first-order valence-corrected chi connectivity index (χ1v) is 7.15. The molecule has 2 nitrogen and oxygen atoms in total. The van der Waals surface area contributed by atoms with Gasteiger partial charge >= 0.3 is 0 Å². The molecule has 0 bridgehead atoms. The smallest absolute Gasteiger partial charge is 0.0283 e. The predicted octanol–water partition coefficient (Wildman–Crippen LogP) is 2.67. The van der Waals surface area contributed by atoms with Crippen molar-refractivity contribution in [3.63, 3.8) is 0 Å². The minimum atomic E-state index is 0.0943. The summed E-state index contributed by atoms with van der Waals surface area (Å²) in [6.45, 7) is 5.67. The first kappa shape index (κ1) is 12.4. The molecule has 4 atom stereocenters. The van der Waals surface area contributed by atoms with E-state index >= 15 is 0 Å². The van der Waals surface area contributed by atoms with Crippen molar-refractivity contribution in [2.24, 2.45) is 17.6 Å². The van der Waals surface area contributed by atoms with Gasteiger partial charge in [0.15, 0.2) is 0 Å². The van der Waals surface area contributed by atoms with Gasteiger partial charge < -0.3 is 11.1 Å². The van der Waals surface area contributed by atoms with Crippen LogP contribution in [-0.4, -0.2) is 18.1 Å². The summed E-state index contributed by atoms with van der Waals surface area (Å²) in [5.41, 5.74) is 6.58. The van der Waals surface area contributed by atoms with E-state index in [2.05, 4.69) is 19.2 Å². The molecule has 0 saturated heterocycles. The summed E-state index contributed by atoms with van der Waals surface area (Å²) in [7, 11) is 0. The van der Waals surface area contributed by atoms with Crippen LogP contribution in [0.4, 0.5) is 0 Å². The highest BCUT2D eigenvalue weighted by Crippen LogP contribution is 2.36. The van der Waals surface area contributed by atoms with Gasteiger partial charge in [0.2, 0.25) is 0 Å². The van der Waals surface area contributed by atoms with Crippen LogP contribution >= 0.6 is 0 Å². The third kappa shape index (κ3) is 3.21. The fourth-order valence-corrected chi connectivity index (χ4v) is 3.38. The average molecular weight is 224 g/mol. The molecule has 0 amide bonds. The van der Waals surface area contributed by atoms with Crippen LogP contribution in [0.2, 0.25) is 0 Å². The average Bonchev–Trinajstić information content (AvgIpc) is 2.94. The fourth-order valence-electron chi connectivity index (χ4n) is 3.38. The number of rotatable bonds is 5. The van der Waals surface area contributed by atoms with Crippen molar-refractivity contribution in [1.82, 2.24) is 5.32 Å². The van der Waals surface area contributed by atoms with E-state index in [-0.39, 0.29) is 5.54 Å². The number of hydrogen-bond donors (Lipinski definition) is 2. The molecule has 0 radical (unpaired) electrons. The lowest BCUT2D eigenvalue weighted by molar-refractivity contribution is 0.228. The summed E-state index contributed by atoms with van der Waals surface area (Å²) in [6.07, 6.45) is 9.24. The summed E-state index contributed by atoms with van der Waals surface area (Å²) >= 11 is 0. The molecule has 0 aromatic carbocycles. The molecule has 2 saturated carbocycles. The van der Waals surface area contributed by atoms with Crippen molar-refractivity contribution in [3.05, 3.63) is 0 Å². The fraction of sp³-hybridized carbons (Fsp3) is 1.00. The maximum atomic E-state index is 6.48. The quantitative estimate of drug-likeness (QED) is 0.753. The van der Waals surface area contributed by atoms with Crippen LogP contribution in [0.5, 0.6) is 0 Å². The Balaban J connectivity index is 1.69. The van der Waals surface area contributed by atoms with Crippen LogP contribution in [0.3, 0.4) is 0 Å². The highest BCUT2D eigenvalue weighted by Gasteiger charge is 2.38. The molecule has 0 spiro atoms. The zero-order valence-electron chi connectivity index (χ0n) is 11.0. The summed E-state index contributed by atoms with van der Waals surface area (Å²) < 4.78 is 0. The molecule has 0 aromatic heterocycles. The maximum absolute atomic E-state index is 6.48. The molecule has 4 unspecified atom stereocenters. The Hall–Kier alpha value is -0.0800. The van der Waals surface area contributed by atoms with Gasteiger partial charge in [-0.15, -0.1) is 0 Å². The number of nitrogens with two attached hydrogens (primary N) is 1. The Labute approximate surface area is 100 Å². The summed E-state index contributed by atoms with van der Waals surface area (Å²) in [5.74, 6) is 1.78. The van der Waals surface area contributed by atoms with Crippen molar-refractivity contribution in [1.29, 1.82) is 0 Å². The van der Waals surface area contributed by atoms with E-state index in [4.69, 9.17) is 5.73 Å². The van der Waals surface area contributed by atoms with Crippen molar-refractivity contribution < 1.29 is 0 Å². The van der Waals surface area contributed by atoms with E-state index in [1.807, 2.05) is 0 Å². The third-order valence-electron chi connectivity index (χ3n) is 4.42. The Morgan fingerprint density at radius 3 is 2.94 bits per heavy atom. The van der Waals surface area contributed by atoms with Gasteiger partial charge in [-0.1, -0.05) is 33.1 Å². The summed E-state index contributed by atoms with van der Waals surface area (Å²) in [4.78, 5) is 0. The van der Waals surface area contributed by atoms with Gasteiger partial charge in [-0.2, -0.15) is 0 Å². The van der Waals surface area contributed by atoms with Gasteiger partial charge in [-0.3, -0.25) is 0 Å². The monoisotopic (exact) mass is 224 g/mol. The summed E-state index contributed by atoms with van der Waals surface area (Å²) in [6, 6.07) is 0.789. The highest BCUT2D eigenvalue weighted by atomic mass is 15.0. The van der Waals surface area contributed by atoms with Crippen molar-refractivity contribution in [2.45, 2.75) is 70.4 Å². The lowest BCUT2D eigenvalue weighted by Gasteiger charge is -2.37. The molecule has 0 heterocycles. The molecule has 0 aromatic rings. The third-order valence-corrected chi connectivity index (χ3v) is 4.42. The topological polar surface area (TPSA) is 38.0 Å². The molecule has 94 valence electrons. The van der Waals surface area contributed by atoms with Gasteiger partial charge in [-0.25, -0.2) is 0 Å². The van der Waals surface area contributed by atoms with Crippen LogP contribution in [0, 0.1) is 11.8 Å². The van der Waals surface area contributed by atoms with E-state index in [0.29, 0.717) is 0 Å². The molecule has 2 rings (SSSR count). The Kier molecular flexibility index (Phi) is 3.91. The van der Waals surface area contributed by atoms with E-state index in [9.17, 15) is 0 Å². The van der Waals surface area contributed by atoms with Crippen molar-refractivity contribution >= 4 is 0 Å². The van der Waals surface area contributed by atoms with Crippen molar-refractivity contribution in [3.8, 4) is 0 Å². The second kappa shape index (κ2) is 5.05. The van der Waals surface area contributed by atoms with Crippen LogP contribution in [0.15, 0.2) is 0 Å². The predicted molar refractivity (Wildman–Crippen MR) is 69.4 cm³/mol. The van der Waals surface area contributed by atoms with Gasteiger partial charge in [0.1, 0.15) is 0 Å². The molecule has 3 N–H and O–H groups in total. The minimum Gasteiger partial charge on any atom is -0.324 e. The summed E-state index contributed by atoms with van der Waals surface area (Å²) in [5, 5.41) is 3.70. The largest absolute Gasteiger partial charge is 0.324 e. The van der Waals surface area contributed by atoms with Gasteiger partial charge in [-0.05, 0) is 37.5 Å². The normalized spacial score (nSPS) is 43.3. The van der Waals surface area contributed by atoms with Gasteiger partial charge in [0.05, 0.1) is 0 Å². The van der Waals surface area contributed by atoms with E-state index in [1.165, 1.54) is 44.9 Å². The first-order valence-electron chi connectivity index (χ1n) is 7.15. The molecule has 2 fully saturated rings. The number of hydrogen-bond acceptors (Lipinski definition) is 2. The van der Waals surface area contributed by atoms with E-state index < -0.39 is 0 Å². The van der Waals surface area contributed by atoms with Crippen molar-refractivity contribution in [2.75, 3.05) is 6.54 Å². The second-order valence-corrected chi connectivity index (χ2v) is 6.34. The second-order valence-electron chi connectivity index (χ2n) is 6.34. The number of nitrogens with one attached hydrogen (secondary N) is 1.